The first-order valence-electron chi connectivity index (χ1n) is 7.92. The molecule has 27 heavy (non-hydrogen) atoms. The normalized spacial score (nSPS) is 12.0. The molecule has 0 unspecified atom stereocenters. The number of non-ortho nitro benzene ring substituents is 1. The Morgan fingerprint density at radius 2 is 2.00 bits per heavy atom. The molecule has 0 atom stereocenters. The summed E-state index contributed by atoms with van der Waals surface area (Å²) in [5.41, 5.74) is 2.43. The summed E-state index contributed by atoms with van der Waals surface area (Å²) in [4.78, 5) is 14.4. The number of sulfonamides is 1. The summed E-state index contributed by atoms with van der Waals surface area (Å²) < 4.78 is 28.1. The smallest absolute Gasteiger partial charge is 0.279 e. The monoisotopic (exact) mass is 387 g/mol. The molecule has 1 aromatic carbocycles. The van der Waals surface area contributed by atoms with Gasteiger partial charge in [0.25, 0.3) is 15.7 Å². The molecule has 2 aromatic heterocycles. The molecule has 0 aliphatic carbocycles. The zero-order chi connectivity index (χ0) is 19.8. The number of aromatic nitrogens is 2. The van der Waals surface area contributed by atoms with Gasteiger partial charge in [-0.2, -0.15) is 17.9 Å². The maximum absolute atomic E-state index is 12.8. The molecule has 9 nitrogen and oxygen atoms in total. The second-order valence-corrected chi connectivity index (χ2v) is 7.93. The minimum Gasteiger partial charge on any atom is -0.298 e. The van der Waals surface area contributed by atoms with E-state index in [1.54, 1.807) is 17.5 Å². The number of nitrogens with zero attached hydrogens (tertiary/aromatic N) is 5. The number of nitro benzene ring substituents is 1. The molecule has 0 radical (unpaired) electrons. The van der Waals surface area contributed by atoms with Crippen LogP contribution in [0.3, 0.4) is 0 Å². The van der Waals surface area contributed by atoms with Crippen molar-refractivity contribution >= 4 is 27.6 Å². The molecule has 0 bridgehead atoms. The van der Waals surface area contributed by atoms with Crippen LogP contribution >= 0.6 is 0 Å². The number of imidazole rings is 1. The molecule has 0 aliphatic heterocycles. The van der Waals surface area contributed by atoms with E-state index >= 15 is 0 Å². The quantitative estimate of drug-likeness (QED) is 0.379. The third-order valence-corrected chi connectivity index (χ3v) is 5.83. The van der Waals surface area contributed by atoms with Crippen LogP contribution in [-0.2, 0) is 10.0 Å². The van der Waals surface area contributed by atoms with Crippen molar-refractivity contribution < 1.29 is 13.3 Å². The maximum atomic E-state index is 12.8. The van der Waals surface area contributed by atoms with E-state index in [9.17, 15) is 18.5 Å². The number of nitro groups is 1. The van der Waals surface area contributed by atoms with E-state index in [2.05, 4.69) is 10.1 Å². The van der Waals surface area contributed by atoms with Gasteiger partial charge in [0.05, 0.1) is 27.9 Å². The Balaban J connectivity index is 1.96. The molecular formula is C17H17N5O4S. The minimum absolute atomic E-state index is 0.162. The average molecular weight is 387 g/mol. The molecule has 0 saturated carbocycles. The van der Waals surface area contributed by atoms with Crippen LogP contribution in [0.5, 0.6) is 0 Å². The molecular weight excluding hydrogens is 370 g/mol. The highest BCUT2D eigenvalue weighted by Crippen LogP contribution is 2.24. The van der Waals surface area contributed by atoms with Gasteiger partial charge in [-0.05, 0) is 31.0 Å². The Bertz CT molecular complexity index is 1170. The molecule has 3 rings (SSSR count). The van der Waals surface area contributed by atoms with E-state index < -0.39 is 14.9 Å². The summed E-state index contributed by atoms with van der Waals surface area (Å²) in [5, 5.41) is 15.0. The maximum Gasteiger partial charge on any atom is 0.279 e. The van der Waals surface area contributed by atoms with Gasteiger partial charge in [0, 0.05) is 25.4 Å². The lowest BCUT2D eigenvalue weighted by atomic mass is 10.2. The molecule has 0 amide bonds. The Morgan fingerprint density at radius 1 is 1.26 bits per heavy atom. The van der Waals surface area contributed by atoms with E-state index in [1.807, 2.05) is 25.3 Å². The fourth-order valence-electron chi connectivity index (χ4n) is 2.53. The van der Waals surface area contributed by atoms with Crippen LogP contribution in [0.1, 0.15) is 16.8 Å². The van der Waals surface area contributed by atoms with E-state index in [0.717, 1.165) is 16.0 Å². The van der Waals surface area contributed by atoms with Gasteiger partial charge in [-0.1, -0.05) is 12.1 Å². The number of fused-ring (bicyclic) bond motifs is 1. The lowest BCUT2D eigenvalue weighted by Crippen LogP contribution is -2.23. The number of hydrogen-bond donors (Lipinski definition) is 0. The fraction of sp³-hybridized carbons (Fsp3) is 0.176. The number of hydrazone groups is 1. The van der Waals surface area contributed by atoms with Gasteiger partial charge >= 0.3 is 0 Å². The molecule has 0 spiro atoms. The second kappa shape index (κ2) is 6.80. The number of benzene rings is 1. The van der Waals surface area contributed by atoms with Gasteiger partial charge in [0.2, 0.25) is 0 Å². The fourth-order valence-corrected chi connectivity index (χ4v) is 3.73. The van der Waals surface area contributed by atoms with Crippen molar-refractivity contribution in [1.82, 2.24) is 13.8 Å². The van der Waals surface area contributed by atoms with Crippen molar-refractivity contribution in [1.29, 1.82) is 0 Å². The first-order valence-corrected chi connectivity index (χ1v) is 9.36. The van der Waals surface area contributed by atoms with Crippen molar-refractivity contribution in [3.05, 3.63) is 69.7 Å². The molecule has 140 valence electrons. The van der Waals surface area contributed by atoms with E-state index in [-0.39, 0.29) is 10.6 Å². The van der Waals surface area contributed by atoms with Crippen LogP contribution in [0.25, 0.3) is 5.65 Å². The number of rotatable bonds is 5. The van der Waals surface area contributed by atoms with E-state index in [4.69, 9.17) is 0 Å². The van der Waals surface area contributed by atoms with Gasteiger partial charge < -0.3 is 0 Å². The highest BCUT2D eigenvalue weighted by Gasteiger charge is 2.24. The SMILES string of the molecule is Cc1ccc2ncc(/C=N/N(C)S(=O)(=O)c3cc([N+](=O)[O-])ccc3C)n2c1. The largest absolute Gasteiger partial charge is 0.298 e. The third-order valence-electron chi connectivity index (χ3n) is 4.04. The molecule has 3 aromatic rings. The first kappa shape index (κ1) is 18.5. The van der Waals surface area contributed by atoms with Crippen LogP contribution in [-0.4, -0.2) is 40.4 Å². The Morgan fingerprint density at radius 3 is 2.70 bits per heavy atom. The standard InChI is InChI=1S/C17H17N5O4S/c1-12-4-7-17-18-9-15(21(17)11-12)10-19-20(3)27(25,26)16-8-14(22(23)24)6-5-13(16)2/h4-11H,1-3H3/b19-10+. The van der Waals surface area contributed by atoms with Crippen LogP contribution < -0.4 is 0 Å². The minimum atomic E-state index is -4.04. The summed E-state index contributed by atoms with van der Waals surface area (Å²) >= 11 is 0. The van der Waals surface area contributed by atoms with Crippen molar-refractivity contribution in [2.45, 2.75) is 18.7 Å². The summed E-state index contributed by atoms with van der Waals surface area (Å²) in [7, 11) is -2.76. The number of aryl methyl sites for hydroxylation is 2. The summed E-state index contributed by atoms with van der Waals surface area (Å²) in [5.74, 6) is 0. The summed E-state index contributed by atoms with van der Waals surface area (Å²) in [6.45, 7) is 3.50. The van der Waals surface area contributed by atoms with Gasteiger partial charge in [-0.15, -0.1) is 0 Å². The van der Waals surface area contributed by atoms with Crippen molar-refractivity contribution in [3.8, 4) is 0 Å². The van der Waals surface area contributed by atoms with Crippen molar-refractivity contribution in [3.63, 3.8) is 0 Å². The number of hydrogen-bond acceptors (Lipinski definition) is 6. The van der Waals surface area contributed by atoms with Gasteiger partial charge in [-0.25, -0.2) is 4.98 Å². The zero-order valence-corrected chi connectivity index (χ0v) is 15.7. The third kappa shape index (κ3) is 3.51. The summed E-state index contributed by atoms with van der Waals surface area (Å²) in [6.07, 6.45) is 4.82. The predicted octanol–water partition coefficient (Wildman–Crippen LogP) is 2.51. The van der Waals surface area contributed by atoms with E-state index in [0.29, 0.717) is 16.9 Å². The molecule has 0 saturated heterocycles. The Kier molecular flexibility index (Phi) is 4.66. The topological polar surface area (TPSA) is 110 Å². The second-order valence-electron chi connectivity index (χ2n) is 6.01. The lowest BCUT2D eigenvalue weighted by molar-refractivity contribution is -0.385. The Labute approximate surface area is 155 Å². The van der Waals surface area contributed by atoms with Crippen molar-refractivity contribution in [2.75, 3.05) is 7.05 Å². The number of pyridine rings is 1. The van der Waals surface area contributed by atoms with Crippen LogP contribution in [0, 0.1) is 24.0 Å². The molecule has 0 aliphatic rings. The van der Waals surface area contributed by atoms with Crippen LogP contribution in [0.2, 0.25) is 0 Å². The predicted molar refractivity (Wildman–Crippen MR) is 100 cm³/mol. The Hall–Kier alpha value is -3.27. The van der Waals surface area contributed by atoms with Crippen LogP contribution in [0.4, 0.5) is 5.69 Å². The van der Waals surface area contributed by atoms with Crippen LogP contribution in [0.15, 0.2) is 52.7 Å². The zero-order valence-electron chi connectivity index (χ0n) is 14.9. The molecule has 0 fully saturated rings. The van der Waals surface area contributed by atoms with Gasteiger partial charge in [0.1, 0.15) is 5.65 Å². The highest BCUT2D eigenvalue weighted by atomic mass is 32.2. The van der Waals surface area contributed by atoms with E-state index in [1.165, 1.54) is 25.4 Å². The molecule has 10 heteroatoms. The van der Waals surface area contributed by atoms with Crippen molar-refractivity contribution in [2.24, 2.45) is 5.10 Å². The summed E-state index contributed by atoms with van der Waals surface area (Å²) in [6, 6.07) is 7.47. The first-order chi connectivity index (χ1) is 12.7. The van der Waals surface area contributed by atoms with Gasteiger partial charge in [-0.3, -0.25) is 14.5 Å². The molecule has 0 N–H and O–H groups in total. The highest BCUT2D eigenvalue weighted by molar-refractivity contribution is 7.89. The average Bonchev–Trinajstić information content (AvgIpc) is 3.01. The lowest BCUT2D eigenvalue weighted by Gasteiger charge is -2.15. The molecule has 2 heterocycles. The van der Waals surface area contributed by atoms with Gasteiger partial charge in [0.15, 0.2) is 0 Å².